The van der Waals surface area contributed by atoms with Crippen molar-refractivity contribution < 1.29 is 14.1 Å². The van der Waals surface area contributed by atoms with Gasteiger partial charge in [0, 0.05) is 9.64 Å². The van der Waals surface area contributed by atoms with E-state index in [1.165, 1.54) is 18.2 Å². The first kappa shape index (κ1) is 17.4. The molecule has 0 atom stereocenters. The summed E-state index contributed by atoms with van der Waals surface area (Å²) in [6.45, 7) is 0. The molecule has 6 nitrogen and oxygen atoms in total. The molecule has 0 saturated heterocycles. The molecule has 25 heavy (non-hydrogen) atoms. The molecule has 0 aliphatic carbocycles. The Labute approximate surface area is 161 Å². The van der Waals surface area contributed by atoms with Gasteiger partial charge in [-0.1, -0.05) is 23.7 Å². The number of para-hydroxylation sites is 1. The highest BCUT2D eigenvalue weighted by Gasteiger charge is 2.19. The molecule has 3 rings (SSSR count). The van der Waals surface area contributed by atoms with Gasteiger partial charge < -0.3 is 9.73 Å². The Balaban J connectivity index is 1.86. The minimum absolute atomic E-state index is 0.0303. The minimum Gasteiger partial charge on any atom is -0.451 e. The molecule has 2 aromatic carbocycles. The van der Waals surface area contributed by atoms with E-state index in [2.05, 4.69) is 27.9 Å². The Morgan fingerprint density at radius 3 is 2.64 bits per heavy atom. The summed E-state index contributed by atoms with van der Waals surface area (Å²) in [4.78, 5) is 22.9. The number of nitro groups is 1. The van der Waals surface area contributed by atoms with Gasteiger partial charge in [0.2, 0.25) is 0 Å². The number of hydrogen-bond donors (Lipinski definition) is 1. The van der Waals surface area contributed by atoms with E-state index in [-0.39, 0.29) is 17.2 Å². The second kappa shape index (κ2) is 7.24. The maximum absolute atomic E-state index is 12.3. The molecule has 1 N–H and O–H groups in total. The highest BCUT2D eigenvalue weighted by Crippen LogP contribution is 2.31. The molecule has 0 bridgehead atoms. The molecule has 0 saturated carbocycles. The van der Waals surface area contributed by atoms with E-state index in [1.807, 2.05) is 6.07 Å². The Morgan fingerprint density at radius 1 is 1.16 bits per heavy atom. The van der Waals surface area contributed by atoms with Crippen molar-refractivity contribution in [1.82, 2.24) is 0 Å². The number of furan rings is 1. The third-order valence-corrected chi connectivity index (χ3v) is 4.36. The Kier molecular flexibility index (Phi) is 5.05. The van der Waals surface area contributed by atoms with Gasteiger partial charge in [0.25, 0.3) is 11.6 Å². The largest absolute Gasteiger partial charge is 0.451 e. The van der Waals surface area contributed by atoms with Gasteiger partial charge in [-0.25, -0.2) is 0 Å². The number of hydrogen-bond acceptors (Lipinski definition) is 4. The van der Waals surface area contributed by atoms with Gasteiger partial charge in [0.15, 0.2) is 5.76 Å². The zero-order chi connectivity index (χ0) is 18.0. The predicted octanol–water partition coefficient (Wildman–Crippen LogP) is 5.37. The number of halogens is 2. The minimum atomic E-state index is -0.497. The molecule has 0 aliphatic rings. The normalized spacial score (nSPS) is 10.5. The molecular weight excluding hydrogens is 459 g/mol. The number of anilines is 1. The Hall–Kier alpha value is -2.39. The van der Waals surface area contributed by atoms with Crippen LogP contribution in [0.5, 0.6) is 0 Å². The third kappa shape index (κ3) is 3.83. The number of amides is 1. The molecule has 1 amide bonds. The molecule has 1 aromatic heterocycles. The lowest BCUT2D eigenvalue weighted by Crippen LogP contribution is -2.11. The molecule has 0 unspecified atom stereocenters. The predicted molar refractivity (Wildman–Crippen MR) is 103 cm³/mol. The van der Waals surface area contributed by atoms with Gasteiger partial charge in [-0.2, -0.15) is 0 Å². The summed E-state index contributed by atoms with van der Waals surface area (Å²) in [6, 6.07) is 14.4. The molecule has 0 radical (unpaired) electrons. The number of nitro benzene ring substituents is 1. The fraction of sp³-hybridized carbons (Fsp3) is 0. The van der Waals surface area contributed by atoms with Crippen LogP contribution in [-0.4, -0.2) is 10.8 Å². The van der Waals surface area contributed by atoms with Crippen molar-refractivity contribution in [3.05, 3.63) is 79.1 Å². The zero-order valence-corrected chi connectivity index (χ0v) is 15.4. The van der Waals surface area contributed by atoms with E-state index in [4.69, 9.17) is 16.0 Å². The SMILES string of the molecule is O=C(Nc1ccc(I)cc1Cl)c1ccc(-c2ccccc2[N+](=O)[O-])o1. The van der Waals surface area contributed by atoms with Crippen molar-refractivity contribution >= 4 is 51.5 Å². The van der Waals surface area contributed by atoms with E-state index in [0.717, 1.165) is 3.57 Å². The first-order chi connectivity index (χ1) is 12.0. The van der Waals surface area contributed by atoms with E-state index in [0.29, 0.717) is 16.3 Å². The average molecular weight is 469 g/mol. The van der Waals surface area contributed by atoms with Crippen LogP contribution in [0.4, 0.5) is 11.4 Å². The molecule has 126 valence electrons. The number of carbonyl (C=O) groups is 1. The number of nitrogens with one attached hydrogen (secondary N) is 1. The lowest BCUT2D eigenvalue weighted by atomic mass is 10.1. The maximum atomic E-state index is 12.3. The number of nitrogens with zero attached hydrogens (tertiary/aromatic N) is 1. The van der Waals surface area contributed by atoms with Crippen LogP contribution in [-0.2, 0) is 0 Å². The monoisotopic (exact) mass is 468 g/mol. The van der Waals surface area contributed by atoms with Gasteiger partial charge in [-0.15, -0.1) is 0 Å². The summed E-state index contributed by atoms with van der Waals surface area (Å²) < 4.78 is 6.44. The topological polar surface area (TPSA) is 85.4 Å². The summed E-state index contributed by atoms with van der Waals surface area (Å²) in [6.07, 6.45) is 0. The number of benzene rings is 2. The second-order valence-corrected chi connectivity index (χ2v) is 6.67. The lowest BCUT2D eigenvalue weighted by Gasteiger charge is -2.06. The molecule has 0 fully saturated rings. The van der Waals surface area contributed by atoms with Crippen LogP contribution in [0.25, 0.3) is 11.3 Å². The third-order valence-electron chi connectivity index (χ3n) is 3.38. The zero-order valence-electron chi connectivity index (χ0n) is 12.5. The van der Waals surface area contributed by atoms with Crippen molar-refractivity contribution in [2.45, 2.75) is 0 Å². The first-order valence-electron chi connectivity index (χ1n) is 7.06. The van der Waals surface area contributed by atoms with Crippen LogP contribution in [0, 0.1) is 13.7 Å². The highest BCUT2D eigenvalue weighted by molar-refractivity contribution is 14.1. The summed E-state index contributed by atoms with van der Waals surface area (Å²) in [7, 11) is 0. The van der Waals surface area contributed by atoms with Crippen LogP contribution in [0.2, 0.25) is 5.02 Å². The fourth-order valence-corrected chi connectivity index (χ4v) is 3.12. The Morgan fingerprint density at radius 2 is 1.92 bits per heavy atom. The molecule has 1 heterocycles. The van der Waals surface area contributed by atoms with Gasteiger partial charge in [-0.3, -0.25) is 14.9 Å². The number of rotatable bonds is 4. The van der Waals surface area contributed by atoms with Crippen LogP contribution in [0.3, 0.4) is 0 Å². The first-order valence-corrected chi connectivity index (χ1v) is 8.51. The molecular formula is C17H10ClIN2O4. The summed E-state index contributed by atoms with van der Waals surface area (Å²) in [5, 5.41) is 14.2. The van der Waals surface area contributed by atoms with Gasteiger partial charge >= 0.3 is 0 Å². The van der Waals surface area contributed by atoms with Crippen molar-refractivity contribution in [3.8, 4) is 11.3 Å². The van der Waals surface area contributed by atoms with Crippen molar-refractivity contribution in [2.75, 3.05) is 5.32 Å². The lowest BCUT2D eigenvalue weighted by molar-refractivity contribution is -0.384. The molecule has 8 heteroatoms. The van der Waals surface area contributed by atoms with E-state index < -0.39 is 10.8 Å². The van der Waals surface area contributed by atoms with Gasteiger partial charge in [-0.05, 0) is 59.0 Å². The quantitative estimate of drug-likeness (QED) is 0.317. The highest BCUT2D eigenvalue weighted by atomic mass is 127. The summed E-state index contributed by atoms with van der Waals surface area (Å²) in [5.74, 6) is -0.220. The van der Waals surface area contributed by atoms with E-state index in [1.54, 1.807) is 30.3 Å². The van der Waals surface area contributed by atoms with E-state index >= 15 is 0 Å². The van der Waals surface area contributed by atoms with Gasteiger partial charge in [0.05, 0.1) is 21.2 Å². The number of carbonyl (C=O) groups excluding carboxylic acids is 1. The van der Waals surface area contributed by atoms with Crippen molar-refractivity contribution in [3.63, 3.8) is 0 Å². The fourth-order valence-electron chi connectivity index (χ4n) is 2.22. The Bertz CT molecular complexity index is 971. The van der Waals surface area contributed by atoms with Crippen LogP contribution >= 0.6 is 34.2 Å². The smallest absolute Gasteiger partial charge is 0.291 e. The van der Waals surface area contributed by atoms with Crippen molar-refractivity contribution in [2.24, 2.45) is 0 Å². The summed E-state index contributed by atoms with van der Waals surface area (Å²) in [5.41, 5.74) is 0.666. The summed E-state index contributed by atoms with van der Waals surface area (Å²) >= 11 is 8.21. The standard InChI is InChI=1S/C17H10ClIN2O4/c18-12-9-10(19)5-6-13(12)20-17(22)16-8-7-15(25-16)11-3-1-2-4-14(11)21(23)24/h1-9H,(H,20,22). The molecule has 3 aromatic rings. The molecule has 0 spiro atoms. The maximum Gasteiger partial charge on any atom is 0.291 e. The van der Waals surface area contributed by atoms with E-state index in [9.17, 15) is 14.9 Å². The molecule has 0 aliphatic heterocycles. The van der Waals surface area contributed by atoms with Crippen LogP contribution in [0.1, 0.15) is 10.6 Å². The van der Waals surface area contributed by atoms with Crippen molar-refractivity contribution in [1.29, 1.82) is 0 Å². The van der Waals surface area contributed by atoms with Crippen LogP contribution in [0.15, 0.2) is 59.0 Å². The second-order valence-electron chi connectivity index (χ2n) is 5.02. The van der Waals surface area contributed by atoms with Crippen LogP contribution < -0.4 is 5.32 Å². The average Bonchev–Trinajstić information content (AvgIpc) is 3.07. The van der Waals surface area contributed by atoms with Gasteiger partial charge in [0.1, 0.15) is 5.76 Å².